The van der Waals surface area contributed by atoms with Gasteiger partial charge in [0.15, 0.2) is 0 Å². The van der Waals surface area contributed by atoms with E-state index in [0.29, 0.717) is 18.7 Å². The molecule has 1 unspecified atom stereocenters. The lowest BCUT2D eigenvalue weighted by molar-refractivity contribution is 0.0574. The van der Waals surface area contributed by atoms with Crippen LogP contribution in [0.15, 0.2) is 82.1 Å². The van der Waals surface area contributed by atoms with Gasteiger partial charge in [-0.1, -0.05) is 48.5 Å². The third-order valence-corrected chi connectivity index (χ3v) is 8.39. The summed E-state index contributed by atoms with van der Waals surface area (Å²) in [6.45, 7) is 4.22. The van der Waals surface area contributed by atoms with E-state index < -0.39 is 16.1 Å². The van der Waals surface area contributed by atoms with E-state index in [1.165, 1.54) is 18.2 Å². The topological polar surface area (TPSA) is 125 Å². The molecule has 1 amide bonds. The van der Waals surface area contributed by atoms with Crippen LogP contribution in [0.3, 0.4) is 0 Å². The van der Waals surface area contributed by atoms with Crippen molar-refractivity contribution in [2.75, 3.05) is 0 Å². The van der Waals surface area contributed by atoms with E-state index in [4.69, 9.17) is 5.73 Å². The Hall–Kier alpha value is -3.95. The van der Waals surface area contributed by atoms with Gasteiger partial charge in [0.25, 0.3) is 15.9 Å². The zero-order valence-electron chi connectivity index (χ0n) is 21.3. The normalized spacial score (nSPS) is 21.2. The molecule has 0 spiro atoms. The Balaban J connectivity index is 1.67. The fraction of sp³-hybridized carbons (Fsp3) is 0.241. The van der Waals surface area contributed by atoms with Crippen molar-refractivity contribution in [3.8, 4) is 0 Å². The van der Waals surface area contributed by atoms with Gasteiger partial charge in [0.1, 0.15) is 0 Å². The molecule has 2 aliphatic rings. The molecule has 5 rings (SSSR count). The van der Waals surface area contributed by atoms with Crippen molar-refractivity contribution in [1.29, 1.82) is 0 Å². The SMILES string of the molecule is Cc1cccc(C)c1C1=CC(O)C[C@@H]2Cc3ccccc3CN2C(=O)c2cccc(c2)S(=O)(=O)N=C(N)N1. The molecule has 4 N–H and O–H groups in total. The maximum Gasteiger partial charge on any atom is 0.285 e. The summed E-state index contributed by atoms with van der Waals surface area (Å²) < 4.78 is 30.1. The summed E-state index contributed by atoms with van der Waals surface area (Å²) in [6.07, 6.45) is 1.52. The number of carbonyl (C=O) groups is 1. The number of aryl methyl sites for hydroxylation is 2. The van der Waals surface area contributed by atoms with E-state index in [0.717, 1.165) is 27.8 Å². The smallest absolute Gasteiger partial charge is 0.285 e. The molecule has 2 bridgehead atoms. The van der Waals surface area contributed by atoms with E-state index in [9.17, 15) is 18.3 Å². The number of fused-ring (bicyclic) bond motifs is 4. The number of rotatable bonds is 1. The van der Waals surface area contributed by atoms with Crippen LogP contribution < -0.4 is 11.1 Å². The second-order valence-electron chi connectivity index (χ2n) is 9.81. The Bertz CT molecular complexity index is 1560. The highest BCUT2D eigenvalue weighted by atomic mass is 32.2. The number of hydrogen-bond donors (Lipinski definition) is 3. The third-order valence-electron chi connectivity index (χ3n) is 7.10. The average molecular weight is 531 g/mol. The first-order chi connectivity index (χ1) is 18.1. The summed E-state index contributed by atoms with van der Waals surface area (Å²) in [6, 6.07) is 19.2. The summed E-state index contributed by atoms with van der Waals surface area (Å²) in [5.41, 5.74) is 11.6. The molecule has 9 heteroatoms. The Morgan fingerprint density at radius 1 is 1.00 bits per heavy atom. The molecule has 0 aromatic heterocycles. The number of carbonyl (C=O) groups excluding carboxylic acids is 1. The molecule has 3 aromatic carbocycles. The predicted molar refractivity (Wildman–Crippen MR) is 147 cm³/mol. The molecule has 2 atom stereocenters. The average Bonchev–Trinajstić information content (AvgIpc) is 2.87. The second kappa shape index (κ2) is 10.1. The fourth-order valence-corrected chi connectivity index (χ4v) is 6.24. The van der Waals surface area contributed by atoms with Gasteiger partial charge in [0.05, 0.1) is 11.0 Å². The van der Waals surface area contributed by atoms with E-state index in [1.54, 1.807) is 17.0 Å². The number of sulfonamides is 1. The molecule has 3 aromatic rings. The minimum atomic E-state index is -4.22. The molecular weight excluding hydrogens is 500 g/mol. The number of aliphatic hydroxyl groups is 1. The van der Waals surface area contributed by atoms with Crippen LogP contribution in [-0.2, 0) is 23.0 Å². The monoisotopic (exact) mass is 530 g/mol. The highest BCUT2D eigenvalue weighted by Crippen LogP contribution is 2.30. The Kier molecular flexibility index (Phi) is 6.81. The van der Waals surface area contributed by atoms with Gasteiger partial charge >= 0.3 is 0 Å². The summed E-state index contributed by atoms with van der Waals surface area (Å²) in [4.78, 5) is 15.3. The van der Waals surface area contributed by atoms with E-state index in [-0.39, 0.29) is 34.8 Å². The van der Waals surface area contributed by atoms with E-state index >= 15 is 0 Å². The van der Waals surface area contributed by atoms with Crippen LogP contribution in [0.4, 0.5) is 0 Å². The maximum absolute atomic E-state index is 13.7. The minimum absolute atomic E-state index is 0.128. The van der Waals surface area contributed by atoms with Gasteiger partial charge in [-0.2, -0.15) is 8.42 Å². The summed E-state index contributed by atoms with van der Waals surface area (Å²) in [5.74, 6) is -0.645. The van der Waals surface area contributed by atoms with E-state index in [2.05, 4.69) is 9.71 Å². The van der Waals surface area contributed by atoms with Gasteiger partial charge in [-0.25, -0.2) is 0 Å². The van der Waals surface area contributed by atoms with Crippen molar-refractivity contribution in [3.05, 3.63) is 106 Å². The number of aliphatic hydroxyl groups excluding tert-OH is 1. The van der Waals surface area contributed by atoms with Crippen LogP contribution in [0.2, 0.25) is 0 Å². The zero-order chi connectivity index (χ0) is 27.0. The second-order valence-corrected chi connectivity index (χ2v) is 11.4. The van der Waals surface area contributed by atoms with Crippen molar-refractivity contribution in [2.45, 2.75) is 50.3 Å². The summed E-state index contributed by atoms with van der Waals surface area (Å²) in [5, 5.41) is 14.2. The van der Waals surface area contributed by atoms with Crippen molar-refractivity contribution in [1.82, 2.24) is 10.2 Å². The van der Waals surface area contributed by atoms with Crippen LogP contribution in [0, 0.1) is 13.8 Å². The maximum atomic E-state index is 13.7. The van der Waals surface area contributed by atoms with Gasteiger partial charge < -0.3 is 21.1 Å². The molecule has 0 saturated carbocycles. The molecular formula is C29H30N4O4S. The lowest BCUT2D eigenvalue weighted by Crippen LogP contribution is -2.46. The Labute approximate surface area is 222 Å². The van der Waals surface area contributed by atoms with Gasteiger partial charge in [0, 0.05) is 29.4 Å². The molecule has 0 fully saturated rings. The van der Waals surface area contributed by atoms with Crippen molar-refractivity contribution in [3.63, 3.8) is 0 Å². The van der Waals surface area contributed by atoms with Crippen LogP contribution in [-0.4, -0.2) is 42.4 Å². The molecule has 2 aliphatic heterocycles. The minimum Gasteiger partial charge on any atom is -0.389 e. The lowest BCUT2D eigenvalue weighted by Gasteiger charge is -2.38. The van der Waals surface area contributed by atoms with Crippen molar-refractivity contribution >= 4 is 27.6 Å². The first kappa shape index (κ1) is 25.7. The standard InChI is InChI=1S/C29H30N4O4S/c1-18-7-5-8-19(2)27(18)26-16-24(34)15-23-13-20-9-3-4-10-22(20)17-33(23)28(35)21-11-6-12-25(14-21)38(36,37)32-29(30)31-26/h3-12,14,16,23-24,34H,13,15,17H2,1-2H3,(H3,30,31,32)/t23-,24?/m0/s1. The number of guanidine groups is 1. The largest absolute Gasteiger partial charge is 0.389 e. The fourth-order valence-electron chi connectivity index (χ4n) is 5.30. The molecule has 8 nitrogen and oxygen atoms in total. The van der Waals surface area contributed by atoms with E-state index in [1.807, 2.05) is 56.3 Å². The van der Waals surface area contributed by atoms with Gasteiger partial charge in [-0.05, 0) is 73.2 Å². The number of hydrogen-bond acceptors (Lipinski definition) is 6. The Morgan fingerprint density at radius 2 is 1.68 bits per heavy atom. The quantitative estimate of drug-likeness (QED) is 0.444. The molecule has 0 saturated heterocycles. The molecule has 0 radical (unpaired) electrons. The zero-order valence-corrected chi connectivity index (χ0v) is 22.1. The van der Waals surface area contributed by atoms with Gasteiger partial charge in [0.2, 0.25) is 5.96 Å². The molecule has 38 heavy (non-hydrogen) atoms. The number of nitrogens with one attached hydrogen (secondary N) is 1. The number of nitrogens with two attached hydrogens (primary N) is 1. The molecule has 196 valence electrons. The number of benzene rings is 3. The number of amides is 1. The van der Waals surface area contributed by atoms with Crippen LogP contribution in [0.25, 0.3) is 5.70 Å². The highest BCUT2D eigenvalue weighted by Gasteiger charge is 2.32. The summed E-state index contributed by atoms with van der Waals surface area (Å²) >= 11 is 0. The van der Waals surface area contributed by atoms with Gasteiger partial charge in [-0.15, -0.1) is 4.40 Å². The third kappa shape index (κ3) is 5.07. The number of nitrogens with zero attached hydrogens (tertiary/aromatic N) is 2. The van der Waals surface area contributed by atoms with Crippen molar-refractivity contribution < 1.29 is 18.3 Å². The first-order valence-corrected chi connectivity index (χ1v) is 13.9. The van der Waals surface area contributed by atoms with Gasteiger partial charge in [-0.3, -0.25) is 4.79 Å². The first-order valence-electron chi connectivity index (χ1n) is 12.4. The van der Waals surface area contributed by atoms with Crippen molar-refractivity contribution in [2.24, 2.45) is 10.1 Å². The summed E-state index contributed by atoms with van der Waals surface area (Å²) in [7, 11) is -4.22. The lowest BCUT2D eigenvalue weighted by atomic mass is 9.89. The molecule has 2 heterocycles. The van der Waals surface area contributed by atoms with Crippen LogP contribution in [0.5, 0.6) is 0 Å². The highest BCUT2D eigenvalue weighted by molar-refractivity contribution is 7.90. The molecule has 0 aliphatic carbocycles. The van der Waals surface area contributed by atoms with Crippen LogP contribution in [0.1, 0.15) is 44.6 Å². The Morgan fingerprint density at radius 3 is 2.42 bits per heavy atom. The van der Waals surface area contributed by atoms with Crippen LogP contribution >= 0.6 is 0 Å². The predicted octanol–water partition coefficient (Wildman–Crippen LogP) is 3.27.